The van der Waals surface area contributed by atoms with Crippen molar-refractivity contribution in [3.63, 3.8) is 0 Å². The predicted molar refractivity (Wildman–Crippen MR) is 87.3 cm³/mol. The Morgan fingerprint density at radius 1 is 1.25 bits per heavy atom. The zero-order chi connectivity index (χ0) is 16.7. The Morgan fingerprint density at radius 2 is 2.04 bits per heavy atom. The van der Waals surface area contributed by atoms with Gasteiger partial charge >= 0.3 is 0 Å². The molecule has 0 saturated carbocycles. The van der Waals surface area contributed by atoms with Crippen molar-refractivity contribution in [1.82, 2.24) is 9.47 Å². The quantitative estimate of drug-likeness (QED) is 0.832. The zero-order valence-electron chi connectivity index (χ0n) is 13.1. The highest BCUT2D eigenvalue weighted by Crippen LogP contribution is 2.38. The number of rotatable bonds is 2. The van der Waals surface area contributed by atoms with Crippen LogP contribution >= 0.6 is 11.3 Å². The van der Waals surface area contributed by atoms with E-state index in [1.807, 2.05) is 29.1 Å². The van der Waals surface area contributed by atoms with Crippen molar-refractivity contribution in [2.24, 2.45) is 0 Å². The van der Waals surface area contributed by atoms with Gasteiger partial charge in [-0.05, 0) is 37.0 Å². The third-order valence-electron chi connectivity index (χ3n) is 4.48. The normalized spacial score (nSPS) is 20.0. The van der Waals surface area contributed by atoms with E-state index in [0.29, 0.717) is 5.56 Å². The second-order valence-corrected chi connectivity index (χ2v) is 7.35. The summed E-state index contributed by atoms with van der Waals surface area (Å²) >= 11 is 1.60. The number of hydrogen-bond donors (Lipinski definition) is 0. The molecule has 0 bridgehead atoms. The molecule has 1 aliphatic heterocycles. The van der Waals surface area contributed by atoms with E-state index in [1.54, 1.807) is 11.3 Å². The molecular weight excluding hydrogens is 334 g/mol. The molecule has 1 aliphatic carbocycles. The molecule has 1 amide bonds. The Balaban J connectivity index is 1.74. The fourth-order valence-corrected chi connectivity index (χ4v) is 4.74. The lowest BCUT2D eigenvalue weighted by molar-refractivity contribution is -0.0660. The molecule has 2 aromatic rings. The van der Waals surface area contributed by atoms with Gasteiger partial charge < -0.3 is 14.2 Å². The molecule has 24 heavy (non-hydrogen) atoms. The highest BCUT2D eigenvalue weighted by molar-refractivity contribution is 7.15. The molecule has 7 heteroatoms. The molecule has 128 valence electrons. The largest absolute Gasteiger partial charge is 0.373 e. The molecular formula is C17H18F2N2O2S. The molecule has 0 aromatic carbocycles. The van der Waals surface area contributed by atoms with Crippen LogP contribution in [0, 0.1) is 0 Å². The highest BCUT2D eigenvalue weighted by Gasteiger charge is 2.38. The molecule has 0 radical (unpaired) electrons. The molecule has 3 heterocycles. The topological polar surface area (TPSA) is 34.5 Å². The first-order chi connectivity index (χ1) is 11.6. The fraction of sp³-hybridized carbons (Fsp3) is 0.471. The number of aryl methyl sites for hydroxylation is 1. The van der Waals surface area contributed by atoms with E-state index in [4.69, 9.17) is 4.74 Å². The Labute approximate surface area is 142 Å². The van der Waals surface area contributed by atoms with Gasteiger partial charge in [-0.15, -0.1) is 11.3 Å². The van der Waals surface area contributed by atoms with Gasteiger partial charge in [0.25, 0.3) is 11.8 Å². The van der Waals surface area contributed by atoms with Crippen molar-refractivity contribution in [1.29, 1.82) is 0 Å². The van der Waals surface area contributed by atoms with Crippen LogP contribution in [0.25, 0.3) is 5.00 Å². The van der Waals surface area contributed by atoms with Crippen LogP contribution in [0.3, 0.4) is 0 Å². The van der Waals surface area contributed by atoms with Crippen molar-refractivity contribution in [2.45, 2.75) is 25.2 Å². The van der Waals surface area contributed by atoms with Gasteiger partial charge in [0.2, 0.25) is 0 Å². The summed E-state index contributed by atoms with van der Waals surface area (Å²) in [5.41, 5.74) is 1.64. The lowest BCUT2D eigenvalue weighted by Gasteiger charge is -2.24. The van der Waals surface area contributed by atoms with Crippen LogP contribution in [-0.2, 0) is 17.6 Å². The summed E-state index contributed by atoms with van der Waals surface area (Å²) in [5.74, 6) is -3.30. The average Bonchev–Trinajstić information content (AvgIpc) is 3.22. The van der Waals surface area contributed by atoms with E-state index in [9.17, 15) is 13.6 Å². The van der Waals surface area contributed by atoms with E-state index in [2.05, 4.69) is 0 Å². The number of amides is 1. The number of halogens is 2. The number of ether oxygens (including phenoxy) is 1. The van der Waals surface area contributed by atoms with Crippen molar-refractivity contribution < 1.29 is 18.3 Å². The van der Waals surface area contributed by atoms with Gasteiger partial charge in [-0.25, -0.2) is 8.78 Å². The van der Waals surface area contributed by atoms with Crippen LogP contribution in [0.5, 0.6) is 0 Å². The molecule has 0 spiro atoms. The second kappa shape index (κ2) is 5.97. The lowest BCUT2D eigenvalue weighted by Crippen LogP contribution is -2.41. The van der Waals surface area contributed by atoms with Gasteiger partial charge in [-0.1, -0.05) is 0 Å². The number of fused-ring (bicyclic) bond motifs is 1. The maximum atomic E-state index is 13.8. The fourth-order valence-electron chi connectivity index (χ4n) is 3.39. The van der Waals surface area contributed by atoms with Gasteiger partial charge in [0.15, 0.2) is 0 Å². The average molecular weight is 352 g/mol. The first kappa shape index (κ1) is 15.8. The number of alkyl halides is 2. The summed E-state index contributed by atoms with van der Waals surface area (Å²) in [6.45, 7) is -0.860. The first-order valence-electron chi connectivity index (χ1n) is 8.08. The van der Waals surface area contributed by atoms with Crippen LogP contribution in [0.1, 0.15) is 27.2 Å². The number of hydrogen-bond acceptors (Lipinski definition) is 3. The second-order valence-electron chi connectivity index (χ2n) is 6.26. The number of nitrogens with zero attached hydrogens (tertiary/aromatic N) is 2. The minimum Gasteiger partial charge on any atom is -0.373 e. The molecule has 0 atom stereocenters. The van der Waals surface area contributed by atoms with Crippen molar-refractivity contribution >= 4 is 17.2 Å². The summed E-state index contributed by atoms with van der Waals surface area (Å²) in [4.78, 5) is 15.6. The van der Waals surface area contributed by atoms with Crippen LogP contribution in [0.2, 0.25) is 0 Å². The van der Waals surface area contributed by atoms with Gasteiger partial charge in [-0.3, -0.25) is 4.79 Å². The van der Waals surface area contributed by atoms with E-state index in [-0.39, 0.29) is 19.1 Å². The summed E-state index contributed by atoms with van der Waals surface area (Å²) in [5, 5.41) is 0.836. The first-order valence-corrected chi connectivity index (χ1v) is 8.89. The summed E-state index contributed by atoms with van der Waals surface area (Å²) in [6, 6.07) is 3.79. The van der Waals surface area contributed by atoms with E-state index < -0.39 is 19.1 Å². The predicted octanol–water partition coefficient (Wildman–Crippen LogP) is 3.14. The van der Waals surface area contributed by atoms with Gasteiger partial charge in [-0.2, -0.15) is 0 Å². The maximum Gasteiger partial charge on any atom is 0.288 e. The van der Waals surface area contributed by atoms with Crippen LogP contribution in [0.4, 0.5) is 8.78 Å². The van der Waals surface area contributed by atoms with Crippen LogP contribution in [0.15, 0.2) is 24.5 Å². The van der Waals surface area contributed by atoms with Crippen LogP contribution in [-0.4, -0.2) is 47.6 Å². The number of carbonyl (C=O) groups is 1. The third-order valence-corrected chi connectivity index (χ3v) is 5.79. The van der Waals surface area contributed by atoms with E-state index in [0.717, 1.165) is 29.8 Å². The number of carbonyl (C=O) groups excluding carboxylic acids is 1. The van der Waals surface area contributed by atoms with E-state index >= 15 is 0 Å². The molecule has 1 saturated heterocycles. The maximum absolute atomic E-state index is 13.8. The van der Waals surface area contributed by atoms with Gasteiger partial charge in [0.05, 0.1) is 18.7 Å². The minimum absolute atomic E-state index is 0.145. The van der Waals surface area contributed by atoms with Crippen LogP contribution < -0.4 is 0 Å². The SMILES string of the molecule is O=C(c1c(-n2cccc2)sc2c1CCC2)N1CCOCC(F)(F)C1. The molecule has 2 aliphatic rings. The molecule has 4 nitrogen and oxygen atoms in total. The Bertz CT molecular complexity index is 755. The highest BCUT2D eigenvalue weighted by atomic mass is 32.1. The molecule has 2 aromatic heterocycles. The smallest absolute Gasteiger partial charge is 0.288 e. The monoisotopic (exact) mass is 352 g/mol. The minimum atomic E-state index is -3.00. The van der Waals surface area contributed by atoms with Gasteiger partial charge in [0, 0.05) is 23.8 Å². The molecule has 1 fully saturated rings. The summed E-state index contributed by atoms with van der Waals surface area (Å²) in [7, 11) is 0. The summed E-state index contributed by atoms with van der Waals surface area (Å²) < 4.78 is 34.5. The van der Waals surface area contributed by atoms with Crippen molar-refractivity contribution in [2.75, 3.05) is 26.3 Å². The van der Waals surface area contributed by atoms with Crippen molar-refractivity contribution in [3.05, 3.63) is 40.5 Å². The lowest BCUT2D eigenvalue weighted by atomic mass is 10.1. The Morgan fingerprint density at radius 3 is 2.83 bits per heavy atom. The van der Waals surface area contributed by atoms with Gasteiger partial charge in [0.1, 0.15) is 11.6 Å². The molecule has 0 unspecified atom stereocenters. The summed E-state index contributed by atoms with van der Waals surface area (Å²) in [6.07, 6.45) is 6.60. The third kappa shape index (κ3) is 2.75. The van der Waals surface area contributed by atoms with Crippen molar-refractivity contribution in [3.8, 4) is 5.00 Å². The molecule has 0 N–H and O–H groups in total. The Hall–Kier alpha value is -1.73. The van der Waals surface area contributed by atoms with E-state index in [1.165, 1.54) is 9.78 Å². The Kier molecular flexibility index (Phi) is 3.92. The number of thiophene rings is 1. The molecule has 4 rings (SSSR count). The standard InChI is InChI=1S/C17H18F2N2O2S/c18-17(19)10-21(8-9-23-11-17)15(22)14-12-4-3-5-13(12)24-16(14)20-6-1-2-7-20/h1-2,6-7H,3-5,8-11H2. The number of aromatic nitrogens is 1. The zero-order valence-corrected chi connectivity index (χ0v) is 14.0.